The number of anilines is 1. The van der Waals surface area contributed by atoms with Crippen LogP contribution in [0.3, 0.4) is 0 Å². The Hall–Kier alpha value is -2.66. The fourth-order valence-corrected chi connectivity index (χ4v) is 4.95. The van der Waals surface area contributed by atoms with Crippen LogP contribution in [0.5, 0.6) is 11.5 Å². The van der Waals surface area contributed by atoms with Crippen LogP contribution in [-0.4, -0.2) is 61.1 Å². The number of amides is 1. The summed E-state index contributed by atoms with van der Waals surface area (Å²) in [6, 6.07) is 6.21. The van der Waals surface area contributed by atoms with Gasteiger partial charge in [0.1, 0.15) is 5.56 Å². The number of nitrogens with zero attached hydrogens (tertiary/aromatic N) is 4. The quantitative estimate of drug-likeness (QED) is 0.243. The first kappa shape index (κ1) is 28.6. The third-order valence-electron chi connectivity index (χ3n) is 5.63. The van der Waals surface area contributed by atoms with Crippen LogP contribution >= 0.6 is 35.3 Å². The third-order valence-corrected chi connectivity index (χ3v) is 7.16. The lowest BCUT2D eigenvalue weighted by Gasteiger charge is -2.25. The van der Waals surface area contributed by atoms with Gasteiger partial charge in [-0.1, -0.05) is 42.9 Å². The zero-order valence-electron chi connectivity index (χ0n) is 20.2. The number of carbonyl (C=O) groups excluding carboxylic acids is 1. The summed E-state index contributed by atoms with van der Waals surface area (Å²) in [4.78, 5) is 33.4. The fraction of sp³-hybridized carbons (Fsp3) is 0.391. The van der Waals surface area contributed by atoms with E-state index in [1.807, 2.05) is 26.8 Å². The summed E-state index contributed by atoms with van der Waals surface area (Å²) in [5.74, 6) is -0.154. The van der Waals surface area contributed by atoms with Crippen LogP contribution in [0.25, 0.3) is 10.2 Å². The van der Waals surface area contributed by atoms with Gasteiger partial charge < -0.3 is 14.4 Å². The molecule has 0 saturated heterocycles. The molecule has 0 unspecified atom stereocenters. The van der Waals surface area contributed by atoms with E-state index in [-0.39, 0.29) is 35.2 Å². The number of ether oxygens (including phenoxy) is 2. The smallest absolute Gasteiger partial charge is 0.286 e. The minimum Gasteiger partial charge on any atom is -0.493 e. The van der Waals surface area contributed by atoms with E-state index in [4.69, 9.17) is 26.1 Å². The maximum Gasteiger partial charge on any atom is 0.286 e. The van der Waals surface area contributed by atoms with Crippen LogP contribution in [-0.2, 0) is 0 Å². The van der Waals surface area contributed by atoms with E-state index in [1.54, 1.807) is 6.07 Å². The molecule has 0 aliphatic carbocycles. The first-order valence-corrected chi connectivity index (χ1v) is 11.9. The summed E-state index contributed by atoms with van der Waals surface area (Å²) < 4.78 is 11.3. The van der Waals surface area contributed by atoms with Crippen molar-refractivity contribution in [2.24, 2.45) is 0 Å². The molecule has 35 heavy (non-hydrogen) atoms. The highest BCUT2D eigenvalue weighted by atomic mass is 35.5. The molecule has 0 N–H and O–H groups in total. The monoisotopic (exact) mass is 542 g/mol. The summed E-state index contributed by atoms with van der Waals surface area (Å²) in [7, 11) is 2.79. The van der Waals surface area contributed by atoms with Crippen molar-refractivity contribution in [3.63, 3.8) is 0 Å². The van der Waals surface area contributed by atoms with Crippen LogP contribution in [0, 0.1) is 17.0 Å². The molecule has 0 saturated carbocycles. The van der Waals surface area contributed by atoms with Crippen LogP contribution in [0.1, 0.15) is 29.8 Å². The number of benzene rings is 2. The van der Waals surface area contributed by atoms with Gasteiger partial charge in [0.2, 0.25) is 0 Å². The van der Waals surface area contributed by atoms with E-state index in [0.717, 1.165) is 23.4 Å². The summed E-state index contributed by atoms with van der Waals surface area (Å²) in [6.07, 6.45) is 0. The average molecular weight is 543 g/mol. The molecular weight excluding hydrogens is 515 g/mol. The van der Waals surface area contributed by atoms with E-state index in [0.29, 0.717) is 28.8 Å². The molecule has 12 heteroatoms. The fourth-order valence-electron chi connectivity index (χ4n) is 3.61. The van der Waals surface area contributed by atoms with Gasteiger partial charge in [0.05, 0.1) is 40.4 Å². The Bertz CT molecular complexity index is 1180. The number of rotatable bonds is 10. The van der Waals surface area contributed by atoms with Gasteiger partial charge >= 0.3 is 0 Å². The van der Waals surface area contributed by atoms with E-state index in [9.17, 15) is 14.9 Å². The highest BCUT2D eigenvalue weighted by Crippen LogP contribution is 2.38. The Morgan fingerprint density at radius 2 is 1.77 bits per heavy atom. The van der Waals surface area contributed by atoms with E-state index in [1.165, 1.54) is 42.6 Å². The predicted octanol–water partition coefficient (Wildman–Crippen LogP) is 5.59. The number of halogens is 2. The maximum absolute atomic E-state index is 13.8. The molecular formula is C23H28Cl2N4O5S. The molecule has 1 aromatic heterocycles. The number of carbonyl (C=O) groups is 1. The molecule has 0 aliphatic heterocycles. The van der Waals surface area contributed by atoms with Gasteiger partial charge in [-0.05, 0) is 31.6 Å². The van der Waals surface area contributed by atoms with E-state index >= 15 is 0 Å². The first-order chi connectivity index (χ1) is 16.2. The number of fused-ring (bicyclic) bond motifs is 1. The minimum absolute atomic E-state index is 0. The Kier molecular flexibility index (Phi) is 10.1. The predicted molar refractivity (Wildman–Crippen MR) is 142 cm³/mol. The highest BCUT2D eigenvalue weighted by Gasteiger charge is 2.30. The van der Waals surface area contributed by atoms with Crippen molar-refractivity contribution < 1.29 is 19.2 Å². The topological polar surface area (TPSA) is 98.0 Å². The SMILES string of the molecule is CCN(CC)CCN(C(=O)c1cc(OC)c(OC)cc1[N+](=O)[O-])c1nc2c(C)ccc(Cl)c2s1.Cl. The van der Waals surface area contributed by atoms with Crippen molar-refractivity contribution in [2.75, 3.05) is 45.3 Å². The number of aromatic nitrogens is 1. The molecule has 1 heterocycles. The average Bonchev–Trinajstić information content (AvgIpc) is 3.29. The zero-order valence-corrected chi connectivity index (χ0v) is 22.6. The van der Waals surface area contributed by atoms with Crippen molar-refractivity contribution in [3.05, 3.63) is 50.5 Å². The summed E-state index contributed by atoms with van der Waals surface area (Å²) in [6.45, 7) is 8.47. The molecule has 1 amide bonds. The Labute approximate surface area is 219 Å². The number of hydrogen-bond acceptors (Lipinski definition) is 8. The number of nitro groups is 1. The van der Waals surface area contributed by atoms with Gasteiger partial charge in [-0.3, -0.25) is 19.8 Å². The van der Waals surface area contributed by atoms with Gasteiger partial charge in [0, 0.05) is 19.2 Å². The lowest BCUT2D eigenvalue weighted by atomic mass is 10.1. The Morgan fingerprint density at radius 3 is 2.31 bits per heavy atom. The van der Waals surface area contributed by atoms with Gasteiger partial charge in [-0.15, -0.1) is 12.4 Å². The number of hydrogen-bond donors (Lipinski definition) is 0. The van der Waals surface area contributed by atoms with Crippen molar-refractivity contribution in [1.29, 1.82) is 0 Å². The first-order valence-electron chi connectivity index (χ1n) is 10.8. The zero-order chi connectivity index (χ0) is 25.0. The van der Waals surface area contributed by atoms with Crippen molar-refractivity contribution >= 4 is 62.3 Å². The number of methoxy groups -OCH3 is 2. The highest BCUT2D eigenvalue weighted by molar-refractivity contribution is 7.23. The van der Waals surface area contributed by atoms with Crippen molar-refractivity contribution in [2.45, 2.75) is 20.8 Å². The second-order valence-corrected chi connectivity index (χ2v) is 8.89. The van der Waals surface area contributed by atoms with Crippen LogP contribution in [0.2, 0.25) is 5.02 Å². The van der Waals surface area contributed by atoms with E-state index in [2.05, 4.69) is 4.90 Å². The Balaban J connectivity index is 0.00000432. The Morgan fingerprint density at radius 1 is 1.14 bits per heavy atom. The molecule has 0 atom stereocenters. The number of likely N-dealkylation sites (N-methyl/N-ethyl adjacent to an activating group) is 1. The standard InChI is InChI=1S/C23H27ClN4O5S.ClH/c1-6-26(7-2)10-11-27(23-25-20-14(3)8-9-16(24)21(20)34-23)22(29)15-12-18(32-4)19(33-5)13-17(15)28(30)31;/h8-9,12-13H,6-7,10-11H2,1-5H3;1H. The molecule has 0 radical (unpaired) electrons. The summed E-state index contributed by atoms with van der Waals surface area (Å²) in [5.41, 5.74) is 1.15. The third kappa shape index (κ3) is 5.95. The normalized spacial score (nSPS) is 10.8. The van der Waals surface area contributed by atoms with Gasteiger partial charge in [-0.2, -0.15) is 0 Å². The molecule has 3 aromatic rings. The molecule has 2 aromatic carbocycles. The van der Waals surface area contributed by atoms with Gasteiger partial charge in [0.15, 0.2) is 16.6 Å². The molecule has 9 nitrogen and oxygen atoms in total. The number of thiazole rings is 1. The lowest BCUT2D eigenvalue weighted by Crippen LogP contribution is -2.39. The number of aryl methyl sites for hydroxylation is 1. The van der Waals surface area contributed by atoms with E-state index < -0.39 is 10.8 Å². The molecule has 0 bridgehead atoms. The van der Waals surface area contributed by atoms with Gasteiger partial charge in [0.25, 0.3) is 11.6 Å². The molecule has 190 valence electrons. The summed E-state index contributed by atoms with van der Waals surface area (Å²) in [5, 5.41) is 12.8. The van der Waals surface area contributed by atoms with Crippen LogP contribution in [0.15, 0.2) is 24.3 Å². The second kappa shape index (κ2) is 12.3. The largest absolute Gasteiger partial charge is 0.493 e. The molecule has 3 rings (SSSR count). The van der Waals surface area contributed by atoms with Crippen molar-refractivity contribution in [3.8, 4) is 11.5 Å². The van der Waals surface area contributed by atoms with Crippen LogP contribution in [0.4, 0.5) is 10.8 Å². The molecule has 0 fully saturated rings. The minimum atomic E-state index is -0.600. The molecule has 0 aliphatic rings. The van der Waals surface area contributed by atoms with Crippen molar-refractivity contribution in [1.82, 2.24) is 9.88 Å². The van der Waals surface area contributed by atoms with Crippen LogP contribution < -0.4 is 14.4 Å². The van der Waals surface area contributed by atoms with Gasteiger partial charge in [-0.25, -0.2) is 4.98 Å². The molecule has 0 spiro atoms. The maximum atomic E-state index is 13.8. The summed E-state index contributed by atoms with van der Waals surface area (Å²) >= 11 is 7.68. The lowest BCUT2D eigenvalue weighted by molar-refractivity contribution is -0.385. The second-order valence-electron chi connectivity index (χ2n) is 7.50. The number of nitro benzene ring substituents is 1.